The molecule has 53 heavy (non-hydrogen) atoms. The van der Waals surface area contributed by atoms with Crippen molar-refractivity contribution in [2.75, 3.05) is 37.9 Å². The quantitative estimate of drug-likeness (QED) is 0.213. The number of ether oxygens (including phenoxy) is 4. The number of likely N-dealkylation sites (tertiary alicyclic amines) is 2. The number of nitrogens with one attached hydrogen (secondary N) is 2. The van der Waals surface area contributed by atoms with Crippen LogP contribution in [0.5, 0.6) is 0 Å². The van der Waals surface area contributed by atoms with Crippen molar-refractivity contribution in [1.82, 2.24) is 9.80 Å². The number of rotatable bonds is 8. The number of carbonyl (C=O) groups is 2. The van der Waals surface area contributed by atoms with Gasteiger partial charge in [0, 0.05) is 64.6 Å². The zero-order chi connectivity index (χ0) is 38.8. The van der Waals surface area contributed by atoms with E-state index in [0.717, 1.165) is 36.8 Å². The van der Waals surface area contributed by atoms with Gasteiger partial charge in [-0.1, -0.05) is 24.3 Å². The molecule has 4 N–H and O–H groups in total. The second kappa shape index (κ2) is 13.5. The van der Waals surface area contributed by atoms with E-state index in [0.29, 0.717) is 37.4 Å². The molecule has 12 nitrogen and oxygen atoms in total. The van der Waals surface area contributed by atoms with E-state index in [1.165, 1.54) is 0 Å². The fourth-order valence-corrected chi connectivity index (χ4v) is 10.2. The van der Waals surface area contributed by atoms with Crippen LogP contribution in [0, 0.1) is 0 Å². The second-order valence-electron chi connectivity index (χ2n) is 18.5. The Morgan fingerprint density at radius 3 is 1.21 bits per heavy atom. The molecule has 2 amide bonds. The number of nitrogens with zero attached hydrogens (tertiary/aromatic N) is 2. The zero-order valence-corrected chi connectivity index (χ0v) is 33.2. The number of carboxylic acid groups (broad SMARTS) is 2. The summed E-state index contributed by atoms with van der Waals surface area (Å²) < 4.78 is 27.6. The molecule has 0 aliphatic carbocycles. The lowest BCUT2D eigenvalue weighted by Crippen LogP contribution is -2.64. The van der Waals surface area contributed by atoms with Gasteiger partial charge in [0.25, 0.3) is 0 Å². The van der Waals surface area contributed by atoms with Gasteiger partial charge in [-0.05, 0) is 118 Å². The first-order valence-electron chi connectivity index (χ1n) is 18.8. The van der Waals surface area contributed by atoms with Gasteiger partial charge in [-0.3, -0.25) is 20.4 Å². The lowest BCUT2D eigenvalue weighted by atomic mass is 9.67. The molecule has 2 spiro atoms. The first-order chi connectivity index (χ1) is 24.5. The van der Waals surface area contributed by atoms with E-state index in [4.69, 9.17) is 18.9 Å². The van der Waals surface area contributed by atoms with Crippen molar-refractivity contribution in [2.24, 2.45) is 0 Å². The van der Waals surface area contributed by atoms with Gasteiger partial charge in [-0.2, -0.15) is 0 Å². The Morgan fingerprint density at radius 2 is 0.925 bits per heavy atom. The van der Waals surface area contributed by atoms with E-state index in [1.807, 2.05) is 24.3 Å². The maximum atomic E-state index is 11.5. The van der Waals surface area contributed by atoms with Crippen molar-refractivity contribution in [2.45, 2.75) is 145 Å². The van der Waals surface area contributed by atoms with Crippen LogP contribution in [-0.2, 0) is 24.4 Å². The maximum Gasteiger partial charge on any atom is 0.409 e. The molecule has 0 saturated carbocycles. The van der Waals surface area contributed by atoms with Crippen LogP contribution in [0.15, 0.2) is 48.5 Å². The van der Waals surface area contributed by atoms with Gasteiger partial charge >= 0.3 is 12.2 Å². The number of anilines is 2. The van der Waals surface area contributed by atoms with E-state index < -0.39 is 29.2 Å². The van der Waals surface area contributed by atoms with Gasteiger partial charge in [0.15, 0.2) is 11.6 Å². The van der Waals surface area contributed by atoms with Crippen LogP contribution in [0.1, 0.15) is 105 Å². The Morgan fingerprint density at radius 1 is 0.623 bits per heavy atom. The van der Waals surface area contributed by atoms with Crippen LogP contribution in [0.4, 0.5) is 21.0 Å². The Hall–Kier alpha value is -3.26. The minimum absolute atomic E-state index is 0.160. The molecule has 12 heteroatoms. The third-order valence-corrected chi connectivity index (χ3v) is 12.8. The van der Waals surface area contributed by atoms with Gasteiger partial charge in [0.2, 0.25) is 0 Å². The topological polar surface area (TPSA) is 142 Å². The van der Waals surface area contributed by atoms with Crippen molar-refractivity contribution in [1.29, 1.82) is 0 Å². The molecule has 0 aromatic heterocycles. The predicted octanol–water partition coefficient (Wildman–Crippen LogP) is 7.72. The van der Waals surface area contributed by atoms with Crippen molar-refractivity contribution in [3.8, 4) is 0 Å². The minimum atomic E-state index is -1.14. The molecular weight excluding hydrogens is 676 g/mol. The van der Waals surface area contributed by atoms with E-state index in [2.05, 4.69) is 89.9 Å². The highest BCUT2D eigenvalue weighted by Gasteiger charge is 2.59. The first kappa shape index (κ1) is 39.4. The van der Waals surface area contributed by atoms with Crippen LogP contribution in [0.2, 0.25) is 0 Å². The lowest BCUT2D eigenvalue weighted by Gasteiger charge is -2.56. The second-order valence-corrected chi connectivity index (χ2v) is 18.5. The molecule has 292 valence electrons. The summed E-state index contributed by atoms with van der Waals surface area (Å²) in [6.07, 6.45) is 1.11. The smallest absolute Gasteiger partial charge is 0.409 e. The van der Waals surface area contributed by atoms with E-state index in [-0.39, 0.29) is 34.4 Å². The van der Waals surface area contributed by atoms with Crippen LogP contribution in [0.3, 0.4) is 0 Å². The third-order valence-electron chi connectivity index (χ3n) is 12.8. The standard InChI is InChI=1S/C41H60N4O8/c1-35(2)23-40(24-36(3,4)44(35)9)50-21-31(52-40)19-39(27-11-15-29(16-12-27)42-33(46)47,28-13-17-30(18-14-28)43-34(48)49)20-32-22-51-41(53-32)25-37(5,6)45(10)38(7,8)26-41/h11-18,31-32,42-43H,19-26H2,1-10H3,(H,46,47)(H,48,49). The van der Waals surface area contributed by atoms with E-state index >= 15 is 0 Å². The highest BCUT2D eigenvalue weighted by Crippen LogP contribution is 2.53. The molecule has 2 atom stereocenters. The molecule has 6 rings (SSSR count). The van der Waals surface area contributed by atoms with Gasteiger partial charge < -0.3 is 29.2 Å². The van der Waals surface area contributed by atoms with Gasteiger partial charge in [-0.15, -0.1) is 0 Å². The highest BCUT2D eigenvalue weighted by atomic mass is 16.8. The fraction of sp³-hybridized carbons (Fsp3) is 0.659. The molecule has 4 aliphatic heterocycles. The fourth-order valence-electron chi connectivity index (χ4n) is 10.2. The highest BCUT2D eigenvalue weighted by molar-refractivity contribution is 5.83. The van der Waals surface area contributed by atoms with Crippen molar-refractivity contribution < 1.29 is 38.7 Å². The van der Waals surface area contributed by atoms with Crippen LogP contribution in [0.25, 0.3) is 0 Å². The molecule has 4 fully saturated rings. The summed E-state index contributed by atoms with van der Waals surface area (Å²) >= 11 is 0. The molecule has 0 radical (unpaired) electrons. The molecule has 4 heterocycles. The lowest BCUT2D eigenvalue weighted by molar-refractivity contribution is -0.244. The predicted molar refractivity (Wildman–Crippen MR) is 204 cm³/mol. The number of benzene rings is 2. The average Bonchev–Trinajstić information content (AvgIpc) is 3.59. The summed E-state index contributed by atoms with van der Waals surface area (Å²) in [4.78, 5) is 27.9. The molecular formula is C41H60N4O8. The normalized spacial score (nSPS) is 27.1. The Labute approximate surface area is 314 Å². The largest absolute Gasteiger partial charge is 0.465 e. The summed E-state index contributed by atoms with van der Waals surface area (Å²) in [6, 6.07) is 15.0. The summed E-state index contributed by atoms with van der Waals surface area (Å²) in [7, 11) is 4.33. The summed E-state index contributed by atoms with van der Waals surface area (Å²) in [6.45, 7) is 18.7. The van der Waals surface area contributed by atoms with Gasteiger partial charge in [-0.25, -0.2) is 9.59 Å². The third kappa shape index (κ3) is 7.81. The molecule has 2 aromatic carbocycles. The minimum Gasteiger partial charge on any atom is -0.465 e. The average molecular weight is 737 g/mol. The van der Waals surface area contributed by atoms with E-state index in [1.54, 1.807) is 24.3 Å². The molecule has 4 saturated heterocycles. The molecule has 0 bridgehead atoms. The van der Waals surface area contributed by atoms with Crippen molar-refractivity contribution in [3.05, 3.63) is 59.7 Å². The van der Waals surface area contributed by atoms with Crippen molar-refractivity contribution >= 4 is 23.6 Å². The summed E-state index contributed by atoms with van der Waals surface area (Å²) in [5, 5.41) is 23.8. The molecule has 2 unspecified atom stereocenters. The summed E-state index contributed by atoms with van der Waals surface area (Å²) in [5.74, 6) is -1.49. The number of hydrogen-bond acceptors (Lipinski definition) is 8. The van der Waals surface area contributed by atoms with Crippen LogP contribution < -0.4 is 10.6 Å². The zero-order valence-electron chi connectivity index (χ0n) is 33.2. The number of hydrogen-bond donors (Lipinski definition) is 4. The van der Waals surface area contributed by atoms with Crippen LogP contribution >= 0.6 is 0 Å². The van der Waals surface area contributed by atoms with Gasteiger partial charge in [0.05, 0.1) is 25.4 Å². The number of piperidine rings is 2. The molecule has 2 aromatic rings. The maximum absolute atomic E-state index is 11.5. The molecule has 4 aliphatic rings. The monoisotopic (exact) mass is 736 g/mol. The summed E-state index contributed by atoms with van der Waals surface area (Å²) in [5.41, 5.74) is 1.46. The Balaban J connectivity index is 1.41. The first-order valence-corrected chi connectivity index (χ1v) is 18.8. The van der Waals surface area contributed by atoms with Gasteiger partial charge in [0.1, 0.15) is 0 Å². The number of amides is 2. The SMILES string of the molecule is CN1C(C)(C)CC2(CC1(C)C)OCC(CC(CC1COC3(CC(C)(C)N(C)C(C)(C)C3)O1)(c1ccc(NC(=O)O)cc1)c1ccc(NC(=O)O)cc1)O2. The Bertz CT molecular complexity index is 1510. The van der Waals surface area contributed by atoms with E-state index in [9.17, 15) is 19.8 Å². The van der Waals surface area contributed by atoms with Crippen LogP contribution in [-0.4, -0.2) is 105 Å². The van der Waals surface area contributed by atoms with Crippen molar-refractivity contribution in [3.63, 3.8) is 0 Å². The Kier molecular flexibility index (Phi) is 10.0.